The number of phenolic OH excluding ortho intramolecular Hbond substituents is 1. The molecule has 0 aliphatic heterocycles. The summed E-state index contributed by atoms with van der Waals surface area (Å²) in [6.07, 6.45) is 0.671. The fourth-order valence-corrected chi connectivity index (χ4v) is 2.14. The summed E-state index contributed by atoms with van der Waals surface area (Å²) in [5.74, 6) is -0.0968. The van der Waals surface area contributed by atoms with Crippen molar-refractivity contribution >= 4 is 10.9 Å². The number of nitrogens with one attached hydrogen (secondary N) is 1. The Kier molecular flexibility index (Phi) is 3.71. The van der Waals surface area contributed by atoms with Crippen LogP contribution in [0, 0.1) is 0 Å². The molecular weight excluding hydrogens is 246 g/mol. The Bertz CT molecular complexity index is 715. The van der Waals surface area contributed by atoms with Gasteiger partial charge in [-0.3, -0.25) is 13.9 Å². The van der Waals surface area contributed by atoms with Crippen LogP contribution in [0.15, 0.2) is 27.8 Å². The van der Waals surface area contributed by atoms with E-state index in [9.17, 15) is 14.7 Å². The molecule has 6 nitrogen and oxygen atoms in total. The molecule has 102 valence electrons. The van der Waals surface area contributed by atoms with Gasteiger partial charge in [-0.25, -0.2) is 4.79 Å². The predicted octanol–water partition coefficient (Wildman–Crippen LogP) is 0.0153. The minimum atomic E-state index is -0.438. The van der Waals surface area contributed by atoms with Crippen LogP contribution in [-0.4, -0.2) is 27.8 Å². The van der Waals surface area contributed by atoms with Gasteiger partial charge in [0.1, 0.15) is 11.1 Å². The van der Waals surface area contributed by atoms with Crippen LogP contribution < -0.4 is 16.6 Å². The highest BCUT2D eigenvalue weighted by Gasteiger charge is 2.13. The van der Waals surface area contributed by atoms with E-state index >= 15 is 0 Å². The number of benzene rings is 1. The maximum Gasteiger partial charge on any atom is 0.331 e. The van der Waals surface area contributed by atoms with E-state index in [1.807, 2.05) is 7.05 Å². The van der Waals surface area contributed by atoms with E-state index in [0.29, 0.717) is 25.0 Å². The molecule has 2 aromatic rings. The summed E-state index contributed by atoms with van der Waals surface area (Å²) in [4.78, 5) is 24.4. The first-order valence-electron chi connectivity index (χ1n) is 6.14. The largest absolute Gasteiger partial charge is 0.507 e. The third-order valence-electron chi connectivity index (χ3n) is 3.17. The molecule has 1 aromatic heterocycles. The van der Waals surface area contributed by atoms with Crippen molar-refractivity contribution in [1.29, 1.82) is 0 Å². The number of aryl methyl sites for hydroxylation is 1. The molecule has 0 atom stereocenters. The molecule has 0 fully saturated rings. The van der Waals surface area contributed by atoms with Crippen molar-refractivity contribution in [3.63, 3.8) is 0 Å². The average molecular weight is 263 g/mol. The van der Waals surface area contributed by atoms with Gasteiger partial charge in [0.15, 0.2) is 0 Å². The van der Waals surface area contributed by atoms with Crippen LogP contribution in [0.4, 0.5) is 0 Å². The van der Waals surface area contributed by atoms with Gasteiger partial charge in [-0.1, -0.05) is 6.07 Å². The SMILES string of the molecule is CNCCCn1c(=O)c2c(O)cccc2n(C)c1=O. The van der Waals surface area contributed by atoms with E-state index in [0.717, 1.165) is 0 Å². The van der Waals surface area contributed by atoms with Crippen LogP contribution in [0.25, 0.3) is 10.9 Å². The summed E-state index contributed by atoms with van der Waals surface area (Å²) >= 11 is 0. The summed E-state index contributed by atoms with van der Waals surface area (Å²) < 4.78 is 2.55. The van der Waals surface area contributed by atoms with Crippen molar-refractivity contribution in [2.75, 3.05) is 13.6 Å². The predicted molar refractivity (Wildman–Crippen MR) is 73.7 cm³/mol. The summed E-state index contributed by atoms with van der Waals surface area (Å²) in [5.41, 5.74) is -0.355. The standard InChI is InChI=1S/C13H17N3O3/c1-14-7-4-8-16-12(18)11-9(15(2)13(16)19)5-3-6-10(11)17/h3,5-6,14,17H,4,7-8H2,1-2H3. The zero-order chi connectivity index (χ0) is 14.0. The molecule has 0 aliphatic carbocycles. The Labute approximate surface area is 109 Å². The lowest BCUT2D eigenvalue weighted by Gasteiger charge is -2.11. The normalized spacial score (nSPS) is 11.1. The molecule has 6 heteroatoms. The summed E-state index contributed by atoms with van der Waals surface area (Å²) in [6.45, 7) is 1.05. The number of nitrogens with zero attached hydrogens (tertiary/aromatic N) is 2. The van der Waals surface area contributed by atoms with Crippen LogP contribution in [0.3, 0.4) is 0 Å². The second-order valence-electron chi connectivity index (χ2n) is 4.43. The topological polar surface area (TPSA) is 76.3 Å². The van der Waals surface area contributed by atoms with Gasteiger partial charge in [0, 0.05) is 13.6 Å². The van der Waals surface area contributed by atoms with Gasteiger partial charge >= 0.3 is 5.69 Å². The Morgan fingerprint density at radius 1 is 1.32 bits per heavy atom. The first kappa shape index (κ1) is 13.4. The quantitative estimate of drug-likeness (QED) is 0.762. The van der Waals surface area contributed by atoms with Gasteiger partial charge in [-0.05, 0) is 32.1 Å². The number of fused-ring (bicyclic) bond motifs is 1. The first-order chi connectivity index (χ1) is 9.07. The fourth-order valence-electron chi connectivity index (χ4n) is 2.14. The molecular formula is C13H17N3O3. The molecule has 0 unspecified atom stereocenters. The number of hydrogen-bond acceptors (Lipinski definition) is 4. The van der Waals surface area contributed by atoms with E-state index in [4.69, 9.17) is 0 Å². The van der Waals surface area contributed by atoms with Crippen LogP contribution in [0.2, 0.25) is 0 Å². The second kappa shape index (κ2) is 5.27. The van der Waals surface area contributed by atoms with Gasteiger partial charge in [0.25, 0.3) is 5.56 Å². The Morgan fingerprint density at radius 2 is 2.05 bits per heavy atom. The van der Waals surface area contributed by atoms with Gasteiger partial charge in [-0.2, -0.15) is 0 Å². The van der Waals surface area contributed by atoms with Crippen molar-refractivity contribution in [2.45, 2.75) is 13.0 Å². The molecule has 0 amide bonds. The number of aromatic hydroxyl groups is 1. The zero-order valence-corrected chi connectivity index (χ0v) is 11.0. The zero-order valence-electron chi connectivity index (χ0n) is 11.0. The lowest BCUT2D eigenvalue weighted by Crippen LogP contribution is -2.39. The highest BCUT2D eigenvalue weighted by atomic mass is 16.3. The van der Waals surface area contributed by atoms with Crippen molar-refractivity contribution in [1.82, 2.24) is 14.5 Å². The molecule has 0 spiro atoms. The third-order valence-corrected chi connectivity index (χ3v) is 3.17. The number of phenols is 1. The molecule has 0 saturated heterocycles. The lowest BCUT2D eigenvalue weighted by molar-refractivity contribution is 0.478. The highest BCUT2D eigenvalue weighted by molar-refractivity contribution is 5.84. The Balaban J connectivity index is 2.69. The van der Waals surface area contributed by atoms with Crippen molar-refractivity contribution in [2.24, 2.45) is 7.05 Å². The maximum absolute atomic E-state index is 12.3. The maximum atomic E-state index is 12.3. The molecule has 0 radical (unpaired) electrons. The van der Waals surface area contributed by atoms with E-state index in [1.54, 1.807) is 19.2 Å². The Hall–Kier alpha value is -2.08. The van der Waals surface area contributed by atoms with Crippen LogP contribution in [-0.2, 0) is 13.6 Å². The minimum absolute atomic E-state index is 0.0968. The molecule has 1 heterocycles. The number of aromatic nitrogens is 2. The molecule has 19 heavy (non-hydrogen) atoms. The summed E-state index contributed by atoms with van der Waals surface area (Å²) in [5, 5.41) is 13.0. The van der Waals surface area contributed by atoms with E-state index in [-0.39, 0.29) is 16.8 Å². The van der Waals surface area contributed by atoms with Crippen molar-refractivity contribution < 1.29 is 5.11 Å². The molecule has 0 saturated carbocycles. The highest BCUT2D eigenvalue weighted by Crippen LogP contribution is 2.18. The van der Waals surface area contributed by atoms with E-state index in [1.165, 1.54) is 15.2 Å². The molecule has 2 rings (SSSR count). The molecule has 0 bridgehead atoms. The van der Waals surface area contributed by atoms with Gasteiger partial charge < -0.3 is 10.4 Å². The van der Waals surface area contributed by atoms with Crippen LogP contribution >= 0.6 is 0 Å². The van der Waals surface area contributed by atoms with Crippen molar-refractivity contribution in [3.05, 3.63) is 39.0 Å². The summed E-state index contributed by atoms with van der Waals surface area (Å²) in [6, 6.07) is 4.71. The van der Waals surface area contributed by atoms with Crippen LogP contribution in [0.1, 0.15) is 6.42 Å². The smallest absolute Gasteiger partial charge is 0.331 e. The number of rotatable bonds is 4. The monoisotopic (exact) mass is 263 g/mol. The lowest BCUT2D eigenvalue weighted by atomic mass is 10.2. The fraction of sp³-hybridized carbons (Fsp3) is 0.385. The first-order valence-corrected chi connectivity index (χ1v) is 6.14. The molecule has 0 aliphatic rings. The second-order valence-corrected chi connectivity index (χ2v) is 4.43. The Morgan fingerprint density at radius 3 is 2.74 bits per heavy atom. The van der Waals surface area contributed by atoms with Gasteiger partial charge in [0.2, 0.25) is 0 Å². The van der Waals surface area contributed by atoms with Gasteiger partial charge in [-0.15, -0.1) is 0 Å². The van der Waals surface area contributed by atoms with E-state index < -0.39 is 5.56 Å². The van der Waals surface area contributed by atoms with Crippen LogP contribution in [0.5, 0.6) is 5.75 Å². The molecule has 2 N–H and O–H groups in total. The van der Waals surface area contributed by atoms with Crippen molar-refractivity contribution in [3.8, 4) is 5.75 Å². The molecule has 1 aromatic carbocycles. The van der Waals surface area contributed by atoms with E-state index in [2.05, 4.69) is 5.32 Å². The minimum Gasteiger partial charge on any atom is -0.507 e. The summed E-state index contributed by atoms with van der Waals surface area (Å²) in [7, 11) is 3.41. The third kappa shape index (κ3) is 2.26. The average Bonchev–Trinajstić information content (AvgIpc) is 2.40. The van der Waals surface area contributed by atoms with Gasteiger partial charge in [0.05, 0.1) is 5.52 Å². The number of hydrogen-bond donors (Lipinski definition) is 2.